The second-order valence-electron chi connectivity index (χ2n) is 6.12. The molecule has 0 bridgehead atoms. The zero-order chi connectivity index (χ0) is 22.9. The van der Waals surface area contributed by atoms with Crippen LogP contribution in [0.5, 0.6) is 0 Å². The van der Waals surface area contributed by atoms with Crippen molar-refractivity contribution >= 4 is 39.3 Å². The van der Waals surface area contributed by atoms with Gasteiger partial charge in [-0.25, -0.2) is 9.11 Å². The third-order valence-electron chi connectivity index (χ3n) is 3.90. The first-order valence-electron chi connectivity index (χ1n) is 8.28. The Bertz CT molecular complexity index is 1080. The number of hydrogen-bond acceptors (Lipinski definition) is 4. The quantitative estimate of drug-likeness (QED) is 0.607. The highest BCUT2D eigenvalue weighted by molar-refractivity contribution is 7.87. The van der Waals surface area contributed by atoms with E-state index in [0.29, 0.717) is 24.8 Å². The Balaban J connectivity index is 2.47. The Morgan fingerprint density at radius 1 is 1.20 bits per heavy atom. The van der Waals surface area contributed by atoms with Gasteiger partial charge in [0.1, 0.15) is 5.82 Å². The van der Waals surface area contributed by atoms with Crippen LogP contribution >= 0.6 is 23.2 Å². The van der Waals surface area contributed by atoms with Crippen LogP contribution in [0.2, 0.25) is 10.0 Å². The van der Waals surface area contributed by atoms with E-state index in [1.165, 1.54) is 7.05 Å². The first kappa shape index (κ1) is 24.3. The fourth-order valence-corrected chi connectivity index (χ4v) is 3.81. The molecule has 1 amide bonds. The lowest BCUT2D eigenvalue weighted by Gasteiger charge is -2.17. The molecule has 1 heterocycles. The maximum Gasteiger partial charge on any atom is 0.417 e. The molecule has 0 radical (unpaired) electrons. The molecule has 0 spiro atoms. The number of alkyl halides is 3. The van der Waals surface area contributed by atoms with Gasteiger partial charge in [-0.05, 0) is 24.6 Å². The summed E-state index contributed by atoms with van der Waals surface area (Å²) in [6.45, 7) is 1.87. The molecule has 2 rings (SSSR count). The highest BCUT2D eigenvalue weighted by atomic mass is 35.5. The van der Waals surface area contributed by atoms with Crippen molar-refractivity contribution in [3.8, 4) is 11.3 Å². The van der Waals surface area contributed by atoms with Gasteiger partial charge in [-0.3, -0.25) is 9.78 Å². The van der Waals surface area contributed by atoms with Gasteiger partial charge in [-0.2, -0.15) is 25.9 Å². The normalized spacial score (nSPS) is 12.3. The minimum absolute atomic E-state index is 0.135. The number of hydrogen-bond donors (Lipinski definition) is 1. The van der Waals surface area contributed by atoms with Gasteiger partial charge in [-0.1, -0.05) is 30.1 Å². The van der Waals surface area contributed by atoms with Gasteiger partial charge in [0.15, 0.2) is 0 Å². The number of aromatic nitrogens is 1. The maximum absolute atomic E-state index is 14.4. The molecule has 1 aromatic heterocycles. The van der Waals surface area contributed by atoms with Gasteiger partial charge in [0.25, 0.3) is 5.91 Å². The Labute approximate surface area is 180 Å². The molecule has 0 saturated carbocycles. The van der Waals surface area contributed by atoms with Crippen LogP contribution < -0.4 is 4.72 Å². The number of amides is 1. The van der Waals surface area contributed by atoms with E-state index in [1.54, 1.807) is 11.6 Å². The fourth-order valence-electron chi connectivity index (χ4n) is 2.38. The van der Waals surface area contributed by atoms with Crippen LogP contribution in [0.4, 0.5) is 17.6 Å². The number of nitrogens with zero attached hydrogens (tertiary/aromatic N) is 2. The molecule has 0 saturated heterocycles. The predicted octanol–water partition coefficient (Wildman–Crippen LogP) is 4.53. The number of pyridine rings is 1. The summed E-state index contributed by atoms with van der Waals surface area (Å²) >= 11 is 11.7. The van der Waals surface area contributed by atoms with E-state index in [4.69, 9.17) is 23.2 Å². The van der Waals surface area contributed by atoms with Gasteiger partial charge in [0, 0.05) is 25.4 Å². The van der Waals surface area contributed by atoms with Crippen molar-refractivity contribution in [1.82, 2.24) is 14.0 Å². The first-order chi connectivity index (χ1) is 13.8. The van der Waals surface area contributed by atoms with Crippen molar-refractivity contribution in [1.29, 1.82) is 0 Å². The zero-order valence-electron chi connectivity index (χ0n) is 15.5. The third-order valence-corrected chi connectivity index (χ3v) is 5.94. The van der Waals surface area contributed by atoms with E-state index >= 15 is 0 Å². The van der Waals surface area contributed by atoms with Gasteiger partial charge in [0.05, 0.1) is 26.9 Å². The summed E-state index contributed by atoms with van der Waals surface area (Å²) in [6.07, 6.45) is -3.76. The topological polar surface area (TPSA) is 79.4 Å². The van der Waals surface area contributed by atoms with Crippen LogP contribution in [-0.2, 0) is 16.4 Å². The monoisotopic (exact) mass is 487 g/mol. The number of carbonyl (C=O) groups is 1. The molecule has 0 fully saturated rings. The van der Waals surface area contributed by atoms with Crippen LogP contribution in [0.3, 0.4) is 0 Å². The molecule has 164 valence electrons. The van der Waals surface area contributed by atoms with E-state index in [1.807, 2.05) is 0 Å². The molecule has 2 aromatic rings. The molecule has 1 N–H and O–H groups in total. The van der Waals surface area contributed by atoms with Gasteiger partial charge in [0.2, 0.25) is 0 Å². The van der Waals surface area contributed by atoms with Crippen molar-refractivity contribution in [2.75, 3.05) is 13.6 Å². The second-order valence-corrected chi connectivity index (χ2v) is 8.71. The number of benzene rings is 1. The Hall–Kier alpha value is -1.95. The molecule has 0 aliphatic rings. The fraction of sp³-hybridized carbons (Fsp3) is 0.294. The van der Waals surface area contributed by atoms with Crippen molar-refractivity contribution in [3.63, 3.8) is 0 Å². The minimum Gasteiger partial charge on any atom is -0.268 e. The van der Waals surface area contributed by atoms with Crippen molar-refractivity contribution in [2.24, 2.45) is 0 Å². The molecule has 0 aliphatic carbocycles. The lowest BCUT2D eigenvalue weighted by molar-refractivity contribution is -0.137. The van der Waals surface area contributed by atoms with E-state index in [9.17, 15) is 30.8 Å². The standard InChI is InChI=1S/C17H15Cl2F4N3O3S/c1-3-4-26(2)30(28,29)25-16(27)10-6-11(14(20)7-12(10)18)15-13(19)5-9(8-24-15)17(21,22)23/h5-8H,3-4H2,1-2H3,(H,25,27). The summed E-state index contributed by atoms with van der Waals surface area (Å²) in [5, 5.41) is -0.933. The van der Waals surface area contributed by atoms with E-state index in [-0.39, 0.29) is 12.2 Å². The van der Waals surface area contributed by atoms with Crippen molar-refractivity contribution < 1.29 is 30.8 Å². The smallest absolute Gasteiger partial charge is 0.268 e. The molecule has 6 nitrogen and oxygen atoms in total. The Morgan fingerprint density at radius 2 is 1.83 bits per heavy atom. The average Bonchev–Trinajstić information content (AvgIpc) is 2.61. The van der Waals surface area contributed by atoms with Crippen LogP contribution in [0.15, 0.2) is 24.4 Å². The molecule has 0 aliphatic heterocycles. The minimum atomic E-state index is -4.71. The van der Waals surface area contributed by atoms with Gasteiger partial charge >= 0.3 is 16.4 Å². The van der Waals surface area contributed by atoms with Crippen LogP contribution in [0.1, 0.15) is 29.3 Å². The zero-order valence-corrected chi connectivity index (χ0v) is 17.8. The van der Waals surface area contributed by atoms with Crippen LogP contribution in [0.25, 0.3) is 11.3 Å². The van der Waals surface area contributed by atoms with Crippen LogP contribution in [-0.4, -0.2) is 37.2 Å². The van der Waals surface area contributed by atoms with E-state index in [0.717, 1.165) is 10.4 Å². The molecule has 0 unspecified atom stereocenters. The Morgan fingerprint density at radius 3 is 2.37 bits per heavy atom. The molecular formula is C17H15Cl2F4N3O3S. The lowest BCUT2D eigenvalue weighted by atomic mass is 10.1. The Kier molecular flexibility index (Phi) is 7.33. The summed E-state index contributed by atoms with van der Waals surface area (Å²) in [5.74, 6) is -2.18. The molecule has 30 heavy (non-hydrogen) atoms. The molecule has 0 atom stereocenters. The SMILES string of the molecule is CCCN(C)S(=O)(=O)NC(=O)c1cc(-c2ncc(C(F)(F)F)cc2Cl)c(F)cc1Cl. The van der Waals surface area contributed by atoms with E-state index < -0.39 is 54.8 Å². The molecule has 1 aromatic carbocycles. The highest BCUT2D eigenvalue weighted by Gasteiger charge is 2.32. The summed E-state index contributed by atoms with van der Waals surface area (Å²) in [5.41, 5.74) is -2.38. The lowest BCUT2D eigenvalue weighted by Crippen LogP contribution is -2.41. The van der Waals surface area contributed by atoms with Gasteiger partial charge in [-0.15, -0.1) is 0 Å². The number of carbonyl (C=O) groups excluding carboxylic acids is 1. The summed E-state index contributed by atoms with van der Waals surface area (Å²) in [7, 11) is -2.94. The average molecular weight is 488 g/mol. The second kappa shape index (κ2) is 9.04. The molecule has 13 heteroatoms. The maximum atomic E-state index is 14.4. The van der Waals surface area contributed by atoms with Crippen molar-refractivity contribution in [2.45, 2.75) is 19.5 Å². The number of nitrogens with one attached hydrogen (secondary N) is 1. The van der Waals surface area contributed by atoms with Crippen LogP contribution in [0, 0.1) is 5.82 Å². The largest absolute Gasteiger partial charge is 0.417 e. The summed E-state index contributed by atoms with van der Waals surface area (Å²) in [6, 6.07) is 2.13. The summed E-state index contributed by atoms with van der Waals surface area (Å²) in [4.78, 5) is 16.0. The first-order valence-corrected chi connectivity index (χ1v) is 10.5. The van der Waals surface area contributed by atoms with Gasteiger partial charge < -0.3 is 0 Å². The summed E-state index contributed by atoms with van der Waals surface area (Å²) < 4.78 is 79.7. The molecular weight excluding hydrogens is 473 g/mol. The van der Waals surface area contributed by atoms with E-state index in [2.05, 4.69) is 4.98 Å². The van der Waals surface area contributed by atoms with Crippen molar-refractivity contribution in [3.05, 3.63) is 51.4 Å². The number of rotatable bonds is 6. The number of halogens is 6. The highest BCUT2D eigenvalue weighted by Crippen LogP contribution is 2.36. The predicted molar refractivity (Wildman–Crippen MR) is 104 cm³/mol. The third kappa shape index (κ3) is 5.39.